The standard InChI is InChI=1S/C11H19N5O3/c1-3-15-11(10(16(17)18)8(2)13-15)14-4-5-19-9(6-12)7-14/h9H,3-7,12H2,1-2H3. The lowest BCUT2D eigenvalue weighted by molar-refractivity contribution is -0.384. The third-order valence-electron chi connectivity index (χ3n) is 3.25. The molecular formula is C11H19N5O3. The number of morpholine rings is 1. The normalized spacial score (nSPS) is 19.7. The molecule has 0 bridgehead atoms. The van der Waals surface area contributed by atoms with E-state index in [1.807, 2.05) is 11.8 Å². The van der Waals surface area contributed by atoms with Gasteiger partial charge in [0.2, 0.25) is 5.82 Å². The molecule has 1 fully saturated rings. The fraction of sp³-hybridized carbons (Fsp3) is 0.727. The Kier molecular flexibility index (Phi) is 4.01. The van der Waals surface area contributed by atoms with Gasteiger partial charge in [0.25, 0.3) is 0 Å². The zero-order chi connectivity index (χ0) is 14.0. The maximum absolute atomic E-state index is 11.2. The van der Waals surface area contributed by atoms with Crippen molar-refractivity contribution < 1.29 is 9.66 Å². The number of rotatable bonds is 4. The van der Waals surface area contributed by atoms with Crippen molar-refractivity contribution in [1.82, 2.24) is 9.78 Å². The molecule has 0 saturated carbocycles. The topological polar surface area (TPSA) is 99.4 Å². The highest BCUT2D eigenvalue weighted by Crippen LogP contribution is 2.32. The van der Waals surface area contributed by atoms with Gasteiger partial charge in [0.15, 0.2) is 0 Å². The van der Waals surface area contributed by atoms with Gasteiger partial charge in [-0.25, -0.2) is 4.68 Å². The van der Waals surface area contributed by atoms with Crippen molar-refractivity contribution in [2.75, 3.05) is 31.1 Å². The fourth-order valence-electron chi connectivity index (χ4n) is 2.36. The summed E-state index contributed by atoms with van der Waals surface area (Å²) < 4.78 is 7.17. The molecule has 0 aliphatic carbocycles. The maximum Gasteiger partial charge on any atom is 0.333 e. The first-order valence-corrected chi connectivity index (χ1v) is 6.36. The Hall–Kier alpha value is -1.67. The molecule has 1 aliphatic heterocycles. The van der Waals surface area contributed by atoms with Gasteiger partial charge in [-0.2, -0.15) is 5.10 Å². The van der Waals surface area contributed by atoms with E-state index >= 15 is 0 Å². The van der Waals surface area contributed by atoms with Crippen LogP contribution in [0.2, 0.25) is 0 Å². The van der Waals surface area contributed by atoms with Crippen LogP contribution in [-0.2, 0) is 11.3 Å². The third kappa shape index (κ3) is 2.54. The van der Waals surface area contributed by atoms with Gasteiger partial charge in [0.05, 0.1) is 17.6 Å². The van der Waals surface area contributed by atoms with Crippen LogP contribution >= 0.6 is 0 Å². The SMILES string of the molecule is CCn1nc(C)c([N+](=O)[O-])c1N1CCOC(CN)C1. The first-order chi connectivity index (χ1) is 9.08. The second-order valence-corrected chi connectivity index (χ2v) is 4.51. The second-order valence-electron chi connectivity index (χ2n) is 4.51. The zero-order valence-corrected chi connectivity index (χ0v) is 11.2. The molecule has 106 valence electrons. The van der Waals surface area contributed by atoms with Gasteiger partial charge in [-0.3, -0.25) is 10.1 Å². The highest BCUT2D eigenvalue weighted by atomic mass is 16.6. The van der Waals surface area contributed by atoms with E-state index in [4.69, 9.17) is 10.5 Å². The molecule has 1 atom stereocenters. The molecule has 0 amide bonds. The molecule has 1 aromatic heterocycles. The van der Waals surface area contributed by atoms with E-state index in [9.17, 15) is 10.1 Å². The Labute approximate surface area is 111 Å². The quantitative estimate of drug-likeness (QED) is 0.622. The van der Waals surface area contributed by atoms with Crippen molar-refractivity contribution in [3.05, 3.63) is 15.8 Å². The number of hydrogen-bond acceptors (Lipinski definition) is 6. The van der Waals surface area contributed by atoms with Gasteiger partial charge >= 0.3 is 5.69 Å². The smallest absolute Gasteiger partial charge is 0.333 e. The average molecular weight is 269 g/mol. The van der Waals surface area contributed by atoms with Gasteiger partial charge < -0.3 is 15.4 Å². The molecule has 1 aliphatic rings. The lowest BCUT2D eigenvalue weighted by Crippen LogP contribution is -2.46. The summed E-state index contributed by atoms with van der Waals surface area (Å²) in [4.78, 5) is 12.8. The molecule has 2 heterocycles. The predicted octanol–water partition coefficient (Wildman–Crippen LogP) is 0.284. The Balaban J connectivity index is 2.39. The fourth-order valence-corrected chi connectivity index (χ4v) is 2.36. The van der Waals surface area contributed by atoms with Gasteiger partial charge in [-0.1, -0.05) is 0 Å². The number of anilines is 1. The van der Waals surface area contributed by atoms with Crippen molar-refractivity contribution in [2.45, 2.75) is 26.5 Å². The number of nitro groups is 1. The summed E-state index contributed by atoms with van der Waals surface area (Å²) in [5, 5.41) is 15.5. The van der Waals surface area contributed by atoms with Crippen LogP contribution in [0.15, 0.2) is 0 Å². The van der Waals surface area contributed by atoms with E-state index in [1.54, 1.807) is 11.6 Å². The van der Waals surface area contributed by atoms with Crippen molar-refractivity contribution in [3.8, 4) is 0 Å². The van der Waals surface area contributed by atoms with Crippen LogP contribution in [0.1, 0.15) is 12.6 Å². The Bertz CT molecular complexity index is 473. The van der Waals surface area contributed by atoms with E-state index in [0.29, 0.717) is 44.3 Å². The van der Waals surface area contributed by atoms with Crippen molar-refractivity contribution in [2.24, 2.45) is 5.73 Å². The minimum atomic E-state index is -0.364. The van der Waals surface area contributed by atoms with E-state index in [1.165, 1.54) is 0 Å². The van der Waals surface area contributed by atoms with Crippen LogP contribution in [0.5, 0.6) is 0 Å². The minimum absolute atomic E-state index is 0.0829. The third-order valence-corrected chi connectivity index (χ3v) is 3.25. The summed E-state index contributed by atoms with van der Waals surface area (Å²) in [7, 11) is 0. The van der Waals surface area contributed by atoms with Crippen molar-refractivity contribution in [3.63, 3.8) is 0 Å². The first kappa shape index (κ1) is 13.8. The number of hydrogen-bond donors (Lipinski definition) is 1. The van der Waals surface area contributed by atoms with Gasteiger partial charge in [-0.05, 0) is 13.8 Å². The molecule has 0 radical (unpaired) electrons. The molecule has 0 spiro atoms. The molecule has 1 unspecified atom stereocenters. The average Bonchev–Trinajstić information content (AvgIpc) is 2.75. The molecule has 1 saturated heterocycles. The van der Waals surface area contributed by atoms with Gasteiger partial charge in [-0.15, -0.1) is 0 Å². The molecule has 8 nitrogen and oxygen atoms in total. The van der Waals surface area contributed by atoms with Crippen LogP contribution in [0.25, 0.3) is 0 Å². The van der Waals surface area contributed by atoms with Gasteiger partial charge in [0.1, 0.15) is 5.69 Å². The Morgan fingerprint density at radius 3 is 2.95 bits per heavy atom. The monoisotopic (exact) mass is 269 g/mol. The maximum atomic E-state index is 11.2. The summed E-state index contributed by atoms with van der Waals surface area (Å²) in [6, 6.07) is 0. The summed E-state index contributed by atoms with van der Waals surface area (Å²) in [5.74, 6) is 0.562. The molecule has 0 aromatic carbocycles. The van der Waals surface area contributed by atoms with Crippen LogP contribution < -0.4 is 10.6 Å². The molecule has 2 N–H and O–H groups in total. The highest BCUT2D eigenvalue weighted by Gasteiger charge is 2.32. The number of nitrogens with zero attached hydrogens (tertiary/aromatic N) is 4. The molecule has 19 heavy (non-hydrogen) atoms. The summed E-state index contributed by atoms with van der Waals surface area (Å²) in [5.41, 5.74) is 6.13. The predicted molar refractivity (Wildman–Crippen MR) is 70.3 cm³/mol. The summed E-state index contributed by atoms with van der Waals surface area (Å²) in [6.07, 6.45) is -0.0890. The lowest BCUT2D eigenvalue weighted by Gasteiger charge is -2.33. The van der Waals surface area contributed by atoms with E-state index in [-0.39, 0.29) is 16.7 Å². The van der Waals surface area contributed by atoms with E-state index in [0.717, 1.165) is 0 Å². The van der Waals surface area contributed by atoms with Crippen LogP contribution in [0.3, 0.4) is 0 Å². The van der Waals surface area contributed by atoms with Crippen LogP contribution in [-0.4, -0.2) is 47.0 Å². The number of aryl methyl sites for hydroxylation is 2. The van der Waals surface area contributed by atoms with Crippen LogP contribution in [0.4, 0.5) is 11.5 Å². The number of nitrogens with two attached hydrogens (primary N) is 1. The van der Waals surface area contributed by atoms with E-state index < -0.39 is 0 Å². The number of ether oxygens (including phenoxy) is 1. The van der Waals surface area contributed by atoms with Crippen molar-refractivity contribution >= 4 is 11.5 Å². The number of aromatic nitrogens is 2. The highest BCUT2D eigenvalue weighted by molar-refractivity contribution is 5.61. The largest absolute Gasteiger partial charge is 0.373 e. The second kappa shape index (κ2) is 5.54. The summed E-state index contributed by atoms with van der Waals surface area (Å²) in [6.45, 7) is 6.27. The minimum Gasteiger partial charge on any atom is -0.373 e. The van der Waals surface area contributed by atoms with Crippen molar-refractivity contribution in [1.29, 1.82) is 0 Å². The van der Waals surface area contributed by atoms with Gasteiger partial charge in [0, 0.05) is 26.2 Å². The lowest BCUT2D eigenvalue weighted by atomic mass is 10.2. The molecule has 2 rings (SSSR count). The Morgan fingerprint density at radius 2 is 2.37 bits per heavy atom. The zero-order valence-electron chi connectivity index (χ0n) is 11.2. The van der Waals surface area contributed by atoms with Crippen LogP contribution in [0, 0.1) is 17.0 Å². The van der Waals surface area contributed by atoms with E-state index in [2.05, 4.69) is 5.10 Å². The Morgan fingerprint density at radius 1 is 1.63 bits per heavy atom. The first-order valence-electron chi connectivity index (χ1n) is 6.36. The summed E-state index contributed by atoms with van der Waals surface area (Å²) >= 11 is 0. The molecular weight excluding hydrogens is 250 g/mol. The molecule has 1 aromatic rings. The molecule has 8 heteroatoms.